The number of aromatic nitrogens is 1. The molecule has 17 heavy (non-hydrogen) atoms. The fraction of sp³-hybridized carbons (Fsp3) is 0.636. The zero-order valence-corrected chi connectivity index (χ0v) is 11.0. The fourth-order valence-corrected chi connectivity index (χ4v) is 2.09. The Bertz CT molecular complexity index is 354. The first-order valence-corrected chi connectivity index (χ1v) is 6.44. The Morgan fingerprint density at radius 1 is 1.71 bits per heavy atom. The first-order valence-electron chi connectivity index (χ1n) is 5.56. The third kappa shape index (κ3) is 4.80. The van der Waals surface area contributed by atoms with Gasteiger partial charge in [-0.05, 0) is 19.8 Å². The van der Waals surface area contributed by atoms with Crippen LogP contribution in [0.2, 0.25) is 0 Å². The molecule has 1 aromatic rings. The Morgan fingerprint density at radius 3 is 3.06 bits per heavy atom. The van der Waals surface area contributed by atoms with Crippen LogP contribution >= 0.6 is 11.3 Å². The van der Waals surface area contributed by atoms with Gasteiger partial charge >= 0.3 is 0 Å². The Morgan fingerprint density at radius 2 is 2.47 bits per heavy atom. The van der Waals surface area contributed by atoms with Crippen LogP contribution in [0.5, 0.6) is 0 Å². The summed E-state index contributed by atoms with van der Waals surface area (Å²) >= 11 is 1.54. The number of carbonyl (C=O) groups excluding carboxylic acids is 1. The second-order valence-corrected chi connectivity index (χ2v) is 4.76. The maximum atomic E-state index is 11.7. The van der Waals surface area contributed by atoms with E-state index in [2.05, 4.69) is 10.3 Å². The molecule has 1 amide bonds. The van der Waals surface area contributed by atoms with Gasteiger partial charge in [0.2, 0.25) is 5.91 Å². The van der Waals surface area contributed by atoms with Crippen molar-refractivity contribution >= 4 is 17.2 Å². The molecule has 0 saturated carbocycles. The van der Waals surface area contributed by atoms with Gasteiger partial charge in [0.1, 0.15) is 0 Å². The highest BCUT2D eigenvalue weighted by Gasteiger charge is 2.13. The number of aryl methyl sites for hydroxylation is 1. The van der Waals surface area contributed by atoms with Crippen molar-refractivity contribution in [2.24, 2.45) is 5.73 Å². The van der Waals surface area contributed by atoms with E-state index < -0.39 is 6.04 Å². The van der Waals surface area contributed by atoms with E-state index in [1.807, 2.05) is 6.92 Å². The molecule has 1 unspecified atom stereocenters. The van der Waals surface area contributed by atoms with E-state index in [1.165, 1.54) is 11.3 Å². The molecule has 1 aromatic heterocycles. The molecule has 0 fully saturated rings. The normalized spacial score (nSPS) is 12.4. The average Bonchev–Trinajstić information content (AvgIpc) is 2.72. The van der Waals surface area contributed by atoms with Crippen LogP contribution in [-0.4, -0.2) is 30.6 Å². The van der Waals surface area contributed by atoms with Crippen molar-refractivity contribution in [2.45, 2.75) is 32.4 Å². The predicted molar refractivity (Wildman–Crippen MR) is 67.8 cm³/mol. The number of nitrogens with zero attached hydrogens (tertiary/aromatic N) is 1. The van der Waals surface area contributed by atoms with Crippen LogP contribution in [0.15, 0.2) is 5.51 Å². The molecule has 0 radical (unpaired) electrons. The summed E-state index contributed by atoms with van der Waals surface area (Å²) in [6, 6.07) is -0.460. The summed E-state index contributed by atoms with van der Waals surface area (Å²) in [7, 11) is 1.64. The number of thiazole rings is 1. The minimum Gasteiger partial charge on any atom is -0.385 e. The highest BCUT2D eigenvalue weighted by atomic mass is 32.1. The summed E-state index contributed by atoms with van der Waals surface area (Å²) in [6.07, 6.45) is 1.44. The minimum atomic E-state index is -0.460. The van der Waals surface area contributed by atoms with Crippen LogP contribution < -0.4 is 11.1 Å². The van der Waals surface area contributed by atoms with Crippen molar-refractivity contribution in [1.82, 2.24) is 10.3 Å². The van der Waals surface area contributed by atoms with Crippen LogP contribution in [0.25, 0.3) is 0 Å². The number of rotatable bonds is 7. The maximum Gasteiger partial charge on any atom is 0.237 e. The number of amides is 1. The van der Waals surface area contributed by atoms with Gasteiger partial charge in [0.25, 0.3) is 0 Å². The van der Waals surface area contributed by atoms with Crippen molar-refractivity contribution in [3.8, 4) is 0 Å². The van der Waals surface area contributed by atoms with E-state index in [0.29, 0.717) is 19.6 Å². The van der Waals surface area contributed by atoms with Gasteiger partial charge in [0, 0.05) is 18.6 Å². The van der Waals surface area contributed by atoms with Crippen molar-refractivity contribution in [1.29, 1.82) is 0 Å². The first-order chi connectivity index (χ1) is 8.15. The predicted octanol–water partition coefficient (Wildman–Crippen LogP) is 0.822. The number of hydrogen-bond acceptors (Lipinski definition) is 5. The van der Waals surface area contributed by atoms with Gasteiger partial charge in [0.05, 0.1) is 23.8 Å². The molecule has 96 valence electrons. The fourth-order valence-electron chi connectivity index (χ4n) is 1.37. The molecule has 6 heteroatoms. The SMILES string of the molecule is COCCCC(N)C(=O)NCc1scnc1C. The molecule has 0 bridgehead atoms. The number of hydrogen-bond donors (Lipinski definition) is 2. The highest BCUT2D eigenvalue weighted by molar-refractivity contribution is 7.09. The molecule has 0 aliphatic heterocycles. The number of carbonyl (C=O) groups is 1. The van der Waals surface area contributed by atoms with Crippen molar-refractivity contribution in [3.05, 3.63) is 16.1 Å². The topological polar surface area (TPSA) is 77.2 Å². The summed E-state index contributed by atoms with van der Waals surface area (Å²) < 4.78 is 4.91. The molecular formula is C11H19N3O2S. The van der Waals surface area contributed by atoms with E-state index in [1.54, 1.807) is 12.6 Å². The maximum absolute atomic E-state index is 11.7. The zero-order chi connectivity index (χ0) is 12.7. The Balaban J connectivity index is 2.27. The smallest absolute Gasteiger partial charge is 0.237 e. The van der Waals surface area contributed by atoms with Gasteiger partial charge in [-0.25, -0.2) is 4.98 Å². The lowest BCUT2D eigenvalue weighted by Gasteiger charge is -2.11. The summed E-state index contributed by atoms with van der Waals surface area (Å²) in [5.41, 5.74) is 8.49. The first kappa shape index (κ1) is 14.1. The van der Waals surface area contributed by atoms with Gasteiger partial charge in [-0.3, -0.25) is 4.79 Å². The van der Waals surface area contributed by atoms with Crippen LogP contribution in [0, 0.1) is 6.92 Å². The van der Waals surface area contributed by atoms with Crippen molar-refractivity contribution in [2.75, 3.05) is 13.7 Å². The van der Waals surface area contributed by atoms with Gasteiger partial charge < -0.3 is 15.8 Å². The van der Waals surface area contributed by atoms with Crippen LogP contribution in [0.4, 0.5) is 0 Å². The second-order valence-electron chi connectivity index (χ2n) is 3.82. The van der Waals surface area contributed by atoms with Crippen LogP contribution in [-0.2, 0) is 16.1 Å². The second kappa shape index (κ2) is 7.37. The molecule has 1 atom stereocenters. The van der Waals surface area contributed by atoms with E-state index in [0.717, 1.165) is 17.0 Å². The van der Waals surface area contributed by atoms with Crippen LogP contribution in [0.3, 0.4) is 0 Å². The third-order valence-electron chi connectivity index (χ3n) is 2.47. The standard InChI is InChI=1S/C11H19N3O2S/c1-8-10(17-7-14-8)6-13-11(15)9(12)4-3-5-16-2/h7,9H,3-6,12H2,1-2H3,(H,13,15). The van der Waals surface area contributed by atoms with Crippen LogP contribution in [0.1, 0.15) is 23.4 Å². The molecule has 0 saturated heterocycles. The van der Waals surface area contributed by atoms with E-state index >= 15 is 0 Å². The van der Waals surface area contributed by atoms with Crippen molar-refractivity contribution < 1.29 is 9.53 Å². The molecule has 3 N–H and O–H groups in total. The number of nitrogens with one attached hydrogen (secondary N) is 1. The lowest BCUT2D eigenvalue weighted by atomic mass is 10.1. The quantitative estimate of drug-likeness (QED) is 0.709. The Hall–Kier alpha value is -0.980. The van der Waals surface area contributed by atoms with Gasteiger partial charge in [0.15, 0.2) is 0 Å². The largest absolute Gasteiger partial charge is 0.385 e. The molecule has 0 aromatic carbocycles. The van der Waals surface area contributed by atoms with Crippen molar-refractivity contribution in [3.63, 3.8) is 0 Å². The van der Waals surface area contributed by atoms with E-state index in [-0.39, 0.29) is 5.91 Å². The monoisotopic (exact) mass is 257 g/mol. The van der Waals surface area contributed by atoms with E-state index in [4.69, 9.17) is 10.5 Å². The molecule has 1 heterocycles. The summed E-state index contributed by atoms with van der Waals surface area (Å²) in [4.78, 5) is 16.8. The summed E-state index contributed by atoms with van der Waals surface area (Å²) in [5, 5.41) is 2.82. The number of ether oxygens (including phenoxy) is 1. The number of nitrogens with two attached hydrogens (primary N) is 1. The van der Waals surface area contributed by atoms with Gasteiger partial charge in [-0.1, -0.05) is 0 Å². The molecule has 5 nitrogen and oxygen atoms in total. The van der Waals surface area contributed by atoms with Gasteiger partial charge in [-0.2, -0.15) is 0 Å². The highest BCUT2D eigenvalue weighted by Crippen LogP contribution is 2.11. The van der Waals surface area contributed by atoms with Gasteiger partial charge in [-0.15, -0.1) is 11.3 Å². The molecule has 0 spiro atoms. The van der Waals surface area contributed by atoms with E-state index in [9.17, 15) is 4.79 Å². The third-order valence-corrected chi connectivity index (χ3v) is 3.40. The Labute approximate surface area is 105 Å². The lowest BCUT2D eigenvalue weighted by Crippen LogP contribution is -2.40. The summed E-state index contributed by atoms with van der Waals surface area (Å²) in [5.74, 6) is -0.117. The lowest BCUT2D eigenvalue weighted by molar-refractivity contribution is -0.122. The molecular weight excluding hydrogens is 238 g/mol. The Kier molecular flexibility index (Phi) is 6.10. The zero-order valence-electron chi connectivity index (χ0n) is 10.2. The minimum absolute atomic E-state index is 0.117. The number of methoxy groups -OCH3 is 1. The molecule has 0 aliphatic rings. The molecule has 0 aliphatic carbocycles. The average molecular weight is 257 g/mol. The molecule has 1 rings (SSSR count). The summed E-state index contributed by atoms with van der Waals surface area (Å²) in [6.45, 7) is 3.07.